The maximum Gasteiger partial charge on any atom is 0.0110 e. The number of hydrogen-bond donors (Lipinski definition) is 1. The summed E-state index contributed by atoms with van der Waals surface area (Å²) in [5, 5.41) is 3.55. The fraction of sp³-hybridized carbons (Fsp3) is 1.00. The van der Waals surface area contributed by atoms with Crippen molar-refractivity contribution in [1.29, 1.82) is 0 Å². The fourth-order valence-corrected chi connectivity index (χ4v) is 4.95. The summed E-state index contributed by atoms with van der Waals surface area (Å²) in [6, 6.07) is 0. The van der Waals surface area contributed by atoms with Gasteiger partial charge in [-0.15, -0.1) is 0 Å². The van der Waals surface area contributed by atoms with Crippen LogP contribution in [0.5, 0.6) is 0 Å². The van der Waals surface area contributed by atoms with Gasteiger partial charge >= 0.3 is 0 Å². The van der Waals surface area contributed by atoms with E-state index in [1.165, 1.54) is 104 Å². The van der Waals surface area contributed by atoms with Crippen molar-refractivity contribution in [3.63, 3.8) is 0 Å². The van der Waals surface area contributed by atoms with E-state index in [2.05, 4.69) is 29.0 Å². The molecule has 1 saturated carbocycles. The second-order valence-corrected chi connectivity index (χ2v) is 8.72. The SMILES string of the molecule is CCCC1(CCN2CCN(CC3(CC)CC3)CC2)CCNCC1. The molecule has 23 heavy (non-hydrogen) atoms. The summed E-state index contributed by atoms with van der Waals surface area (Å²) in [7, 11) is 0. The van der Waals surface area contributed by atoms with Crippen LogP contribution >= 0.6 is 0 Å². The van der Waals surface area contributed by atoms with Crippen LogP contribution in [0.4, 0.5) is 0 Å². The molecule has 2 saturated heterocycles. The predicted molar refractivity (Wildman–Crippen MR) is 98.9 cm³/mol. The van der Waals surface area contributed by atoms with Crippen LogP contribution in [-0.4, -0.2) is 62.2 Å². The van der Waals surface area contributed by atoms with E-state index in [9.17, 15) is 0 Å². The molecular weight excluding hydrogens is 282 g/mol. The summed E-state index contributed by atoms with van der Waals surface area (Å²) >= 11 is 0. The Hall–Kier alpha value is -0.120. The van der Waals surface area contributed by atoms with Crippen LogP contribution in [0.1, 0.15) is 65.2 Å². The van der Waals surface area contributed by atoms with Crippen LogP contribution < -0.4 is 5.32 Å². The largest absolute Gasteiger partial charge is 0.317 e. The van der Waals surface area contributed by atoms with Gasteiger partial charge in [0.1, 0.15) is 0 Å². The highest BCUT2D eigenvalue weighted by molar-refractivity contribution is 4.95. The molecule has 0 radical (unpaired) electrons. The van der Waals surface area contributed by atoms with Crippen LogP contribution in [0, 0.1) is 10.8 Å². The summed E-state index contributed by atoms with van der Waals surface area (Å²) in [5.41, 5.74) is 1.37. The first-order valence-electron chi connectivity index (χ1n) is 10.3. The zero-order valence-corrected chi connectivity index (χ0v) is 15.7. The third-order valence-electron chi connectivity index (χ3n) is 7.13. The van der Waals surface area contributed by atoms with Gasteiger partial charge in [0, 0.05) is 32.7 Å². The molecular formula is C20H39N3. The number of piperidine rings is 1. The van der Waals surface area contributed by atoms with Gasteiger partial charge in [-0.2, -0.15) is 0 Å². The molecule has 3 heteroatoms. The molecule has 2 aliphatic heterocycles. The van der Waals surface area contributed by atoms with E-state index < -0.39 is 0 Å². The van der Waals surface area contributed by atoms with Crippen molar-refractivity contribution in [2.75, 3.05) is 52.4 Å². The van der Waals surface area contributed by atoms with Crippen molar-refractivity contribution < 1.29 is 0 Å². The molecule has 0 unspecified atom stereocenters. The fourth-order valence-electron chi connectivity index (χ4n) is 4.95. The van der Waals surface area contributed by atoms with Crippen LogP contribution in [0.15, 0.2) is 0 Å². The molecule has 134 valence electrons. The summed E-state index contributed by atoms with van der Waals surface area (Å²) in [6.07, 6.45) is 11.4. The maximum atomic E-state index is 3.55. The van der Waals surface area contributed by atoms with Gasteiger partial charge in [-0.1, -0.05) is 20.3 Å². The molecule has 0 spiro atoms. The van der Waals surface area contributed by atoms with Crippen molar-refractivity contribution in [2.24, 2.45) is 10.8 Å². The highest BCUT2D eigenvalue weighted by Crippen LogP contribution is 2.49. The molecule has 3 fully saturated rings. The molecule has 0 amide bonds. The Morgan fingerprint density at radius 3 is 2.00 bits per heavy atom. The van der Waals surface area contributed by atoms with Gasteiger partial charge in [0.15, 0.2) is 0 Å². The Morgan fingerprint density at radius 2 is 1.43 bits per heavy atom. The quantitative estimate of drug-likeness (QED) is 0.739. The van der Waals surface area contributed by atoms with Crippen molar-refractivity contribution in [1.82, 2.24) is 15.1 Å². The van der Waals surface area contributed by atoms with Gasteiger partial charge in [-0.05, 0) is 75.4 Å². The first-order valence-corrected chi connectivity index (χ1v) is 10.3. The average Bonchev–Trinajstić information content (AvgIpc) is 3.36. The zero-order valence-electron chi connectivity index (χ0n) is 15.7. The lowest BCUT2D eigenvalue weighted by molar-refractivity contribution is 0.0855. The first kappa shape index (κ1) is 17.7. The molecule has 0 bridgehead atoms. The summed E-state index contributed by atoms with van der Waals surface area (Å²) in [6.45, 7) is 15.2. The topological polar surface area (TPSA) is 18.5 Å². The minimum Gasteiger partial charge on any atom is -0.317 e. The zero-order chi connectivity index (χ0) is 16.2. The number of nitrogens with one attached hydrogen (secondary N) is 1. The third kappa shape index (κ3) is 4.70. The molecule has 3 nitrogen and oxygen atoms in total. The van der Waals surface area contributed by atoms with Gasteiger partial charge in [-0.25, -0.2) is 0 Å². The van der Waals surface area contributed by atoms with Gasteiger partial charge in [0.05, 0.1) is 0 Å². The van der Waals surface area contributed by atoms with Crippen molar-refractivity contribution in [3.05, 3.63) is 0 Å². The van der Waals surface area contributed by atoms with Gasteiger partial charge in [-0.3, -0.25) is 0 Å². The molecule has 0 atom stereocenters. The Morgan fingerprint density at radius 1 is 0.783 bits per heavy atom. The van der Waals surface area contributed by atoms with E-state index in [-0.39, 0.29) is 0 Å². The molecule has 3 aliphatic rings. The molecule has 2 heterocycles. The molecule has 0 aromatic carbocycles. The normalized spacial score (nSPS) is 27.9. The molecule has 1 N–H and O–H groups in total. The van der Waals surface area contributed by atoms with Crippen molar-refractivity contribution in [2.45, 2.75) is 65.2 Å². The highest BCUT2D eigenvalue weighted by atomic mass is 15.3. The lowest BCUT2D eigenvalue weighted by atomic mass is 9.73. The Labute approximate surface area is 144 Å². The summed E-state index contributed by atoms with van der Waals surface area (Å²) < 4.78 is 0. The van der Waals surface area contributed by atoms with E-state index in [0.29, 0.717) is 5.41 Å². The first-order chi connectivity index (χ1) is 11.2. The van der Waals surface area contributed by atoms with E-state index in [1.807, 2.05) is 0 Å². The molecule has 1 aliphatic carbocycles. The number of rotatable bonds is 8. The highest BCUT2D eigenvalue weighted by Gasteiger charge is 2.42. The van der Waals surface area contributed by atoms with Gasteiger partial charge in [0.25, 0.3) is 0 Å². The number of piperazine rings is 1. The van der Waals surface area contributed by atoms with Crippen LogP contribution in [0.2, 0.25) is 0 Å². The Balaban J connectivity index is 1.39. The lowest BCUT2D eigenvalue weighted by Gasteiger charge is -2.41. The number of nitrogens with zero attached hydrogens (tertiary/aromatic N) is 2. The van der Waals surface area contributed by atoms with Crippen LogP contribution in [-0.2, 0) is 0 Å². The second-order valence-electron chi connectivity index (χ2n) is 8.72. The van der Waals surface area contributed by atoms with Crippen molar-refractivity contribution >= 4 is 0 Å². The Bertz CT molecular complexity index is 344. The smallest absolute Gasteiger partial charge is 0.0110 e. The molecule has 3 rings (SSSR count). The monoisotopic (exact) mass is 321 g/mol. The molecule has 0 aromatic rings. The predicted octanol–water partition coefficient (Wildman–Crippen LogP) is 3.35. The average molecular weight is 322 g/mol. The van der Waals surface area contributed by atoms with E-state index in [4.69, 9.17) is 0 Å². The van der Waals surface area contributed by atoms with Gasteiger partial charge < -0.3 is 15.1 Å². The van der Waals surface area contributed by atoms with E-state index in [0.717, 1.165) is 5.41 Å². The summed E-state index contributed by atoms with van der Waals surface area (Å²) in [4.78, 5) is 5.50. The van der Waals surface area contributed by atoms with E-state index in [1.54, 1.807) is 0 Å². The minimum absolute atomic E-state index is 0.650. The Kier molecular flexibility index (Phi) is 6.03. The second kappa shape index (κ2) is 7.84. The van der Waals surface area contributed by atoms with E-state index >= 15 is 0 Å². The van der Waals surface area contributed by atoms with Crippen LogP contribution in [0.3, 0.4) is 0 Å². The summed E-state index contributed by atoms with van der Waals surface area (Å²) in [5.74, 6) is 0. The molecule has 0 aromatic heterocycles. The number of hydrogen-bond acceptors (Lipinski definition) is 3. The van der Waals surface area contributed by atoms with Gasteiger partial charge in [0.2, 0.25) is 0 Å². The third-order valence-corrected chi connectivity index (χ3v) is 7.13. The lowest BCUT2D eigenvalue weighted by Crippen LogP contribution is -2.49. The maximum absolute atomic E-state index is 3.55. The van der Waals surface area contributed by atoms with Crippen molar-refractivity contribution in [3.8, 4) is 0 Å². The minimum atomic E-state index is 0.650. The van der Waals surface area contributed by atoms with Crippen LogP contribution in [0.25, 0.3) is 0 Å². The standard InChI is InChI=1S/C20H39N3/c1-3-5-20(8-11-21-12-9-20)10-13-22-14-16-23(17-15-22)18-19(4-2)6-7-19/h21H,3-18H2,1-2H3.